The summed E-state index contributed by atoms with van der Waals surface area (Å²) in [5, 5.41) is 2.65. The lowest BCUT2D eigenvalue weighted by Crippen LogP contribution is -2.57. The summed E-state index contributed by atoms with van der Waals surface area (Å²) in [6, 6.07) is -0.0815. The van der Waals surface area contributed by atoms with Gasteiger partial charge in [0.25, 0.3) is 5.92 Å². The molecule has 2 rings (SSSR count). The Kier molecular flexibility index (Phi) is 4.40. The van der Waals surface area contributed by atoms with Crippen LogP contribution in [0, 0.1) is 11.8 Å². The first-order valence-corrected chi connectivity index (χ1v) is 7.04. The fraction of sp³-hybridized carbons (Fsp3) is 0.923. The Morgan fingerprint density at radius 1 is 1.47 bits per heavy atom. The van der Waals surface area contributed by atoms with Crippen molar-refractivity contribution < 1.29 is 13.6 Å². The van der Waals surface area contributed by atoms with E-state index < -0.39 is 24.3 Å². The number of likely N-dealkylation sites (tertiary alicyclic amines) is 1. The maximum atomic E-state index is 13.8. The van der Waals surface area contributed by atoms with Crippen LogP contribution in [-0.4, -0.2) is 49.0 Å². The lowest BCUT2D eigenvalue weighted by atomic mass is 9.88. The van der Waals surface area contributed by atoms with Crippen LogP contribution in [0.1, 0.15) is 26.2 Å². The molecule has 0 aliphatic carbocycles. The first kappa shape index (κ1) is 14.7. The Bertz CT molecular complexity index is 338. The molecule has 3 N–H and O–H groups in total. The van der Waals surface area contributed by atoms with Crippen molar-refractivity contribution in [2.24, 2.45) is 17.6 Å². The molecule has 2 aliphatic rings. The number of carbonyl (C=O) groups is 1. The molecule has 2 heterocycles. The van der Waals surface area contributed by atoms with Gasteiger partial charge < -0.3 is 16.0 Å². The fourth-order valence-electron chi connectivity index (χ4n) is 3.11. The molecule has 4 nitrogen and oxygen atoms in total. The molecule has 0 aromatic rings. The number of nitrogens with two attached hydrogens (primary N) is 1. The molecular weight excluding hydrogens is 252 g/mol. The van der Waals surface area contributed by atoms with Crippen LogP contribution in [0.15, 0.2) is 0 Å². The average molecular weight is 275 g/mol. The van der Waals surface area contributed by atoms with Crippen molar-refractivity contribution in [1.29, 1.82) is 0 Å². The molecule has 0 aromatic heterocycles. The number of halogens is 2. The zero-order valence-electron chi connectivity index (χ0n) is 11.4. The topological polar surface area (TPSA) is 58.4 Å². The number of rotatable bonds is 2. The normalized spacial score (nSPS) is 35.2. The van der Waals surface area contributed by atoms with E-state index in [9.17, 15) is 13.6 Å². The molecule has 0 radical (unpaired) electrons. The highest BCUT2D eigenvalue weighted by molar-refractivity contribution is 5.80. The van der Waals surface area contributed by atoms with Gasteiger partial charge in [-0.3, -0.25) is 4.79 Å². The summed E-state index contributed by atoms with van der Waals surface area (Å²) in [6.45, 7) is 3.10. The van der Waals surface area contributed by atoms with E-state index in [4.69, 9.17) is 5.73 Å². The van der Waals surface area contributed by atoms with Crippen LogP contribution in [0.5, 0.6) is 0 Å². The molecule has 110 valence electrons. The minimum Gasteiger partial charge on any atom is -0.338 e. The van der Waals surface area contributed by atoms with E-state index in [0.717, 1.165) is 12.8 Å². The molecule has 2 saturated heterocycles. The number of piperidine rings is 2. The third kappa shape index (κ3) is 3.05. The second-order valence-corrected chi connectivity index (χ2v) is 5.83. The van der Waals surface area contributed by atoms with Gasteiger partial charge in [0, 0.05) is 19.1 Å². The third-order valence-corrected chi connectivity index (χ3v) is 4.31. The van der Waals surface area contributed by atoms with Crippen LogP contribution in [-0.2, 0) is 4.79 Å². The van der Waals surface area contributed by atoms with Gasteiger partial charge in [0.05, 0.1) is 6.54 Å². The van der Waals surface area contributed by atoms with Crippen LogP contribution in [0.25, 0.3) is 0 Å². The van der Waals surface area contributed by atoms with Crippen molar-refractivity contribution >= 4 is 5.91 Å². The summed E-state index contributed by atoms with van der Waals surface area (Å²) in [7, 11) is 0. The Hall–Kier alpha value is -0.750. The summed E-state index contributed by atoms with van der Waals surface area (Å²) in [5.41, 5.74) is 5.70. The molecule has 0 bridgehead atoms. The van der Waals surface area contributed by atoms with Gasteiger partial charge in [0.1, 0.15) is 5.92 Å². The SMILES string of the molecule is CC1CCN(C(=O)C2CCNCC2(F)F)C(CN)C1. The van der Waals surface area contributed by atoms with Crippen LogP contribution in [0.2, 0.25) is 0 Å². The zero-order valence-corrected chi connectivity index (χ0v) is 11.4. The minimum atomic E-state index is -2.95. The minimum absolute atomic E-state index is 0.0815. The summed E-state index contributed by atoms with van der Waals surface area (Å²) in [5.74, 6) is -4.03. The average Bonchev–Trinajstić information content (AvgIpc) is 2.37. The van der Waals surface area contributed by atoms with Crippen LogP contribution in [0.3, 0.4) is 0 Å². The molecule has 0 saturated carbocycles. The van der Waals surface area contributed by atoms with Gasteiger partial charge in [-0.25, -0.2) is 8.78 Å². The van der Waals surface area contributed by atoms with E-state index in [1.807, 2.05) is 0 Å². The van der Waals surface area contributed by atoms with Gasteiger partial charge in [-0.15, -0.1) is 0 Å². The lowest BCUT2D eigenvalue weighted by molar-refractivity contribution is -0.157. The first-order chi connectivity index (χ1) is 8.95. The monoisotopic (exact) mass is 275 g/mol. The molecule has 0 spiro atoms. The van der Waals surface area contributed by atoms with Crippen LogP contribution < -0.4 is 11.1 Å². The highest BCUT2D eigenvalue weighted by Gasteiger charge is 2.48. The number of hydrogen-bond acceptors (Lipinski definition) is 3. The Morgan fingerprint density at radius 2 is 2.21 bits per heavy atom. The number of alkyl halides is 2. The molecule has 2 aliphatic heterocycles. The number of nitrogens with zero attached hydrogens (tertiary/aromatic N) is 1. The van der Waals surface area contributed by atoms with E-state index in [0.29, 0.717) is 25.6 Å². The summed E-state index contributed by atoms with van der Waals surface area (Å²) in [4.78, 5) is 14.0. The predicted octanol–water partition coefficient (Wildman–Crippen LogP) is 0.817. The van der Waals surface area contributed by atoms with E-state index in [1.165, 1.54) is 0 Å². The summed E-state index contributed by atoms with van der Waals surface area (Å²) >= 11 is 0. The maximum absolute atomic E-state index is 13.8. The predicted molar refractivity (Wildman–Crippen MR) is 68.9 cm³/mol. The fourth-order valence-corrected chi connectivity index (χ4v) is 3.11. The number of hydrogen-bond donors (Lipinski definition) is 2. The highest BCUT2D eigenvalue weighted by Crippen LogP contribution is 2.33. The lowest BCUT2D eigenvalue weighted by Gasteiger charge is -2.42. The van der Waals surface area contributed by atoms with Crippen molar-refractivity contribution in [2.45, 2.75) is 38.2 Å². The van der Waals surface area contributed by atoms with Crippen molar-refractivity contribution in [2.75, 3.05) is 26.2 Å². The van der Waals surface area contributed by atoms with Crippen molar-refractivity contribution in [3.8, 4) is 0 Å². The van der Waals surface area contributed by atoms with Gasteiger partial charge >= 0.3 is 0 Å². The molecule has 2 fully saturated rings. The third-order valence-electron chi connectivity index (χ3n) is 4.31. The van der Waals surface area contributed by atoms with Crippen LogP contribution in [0.4, 0.5) is 8.78 Å². The van der Waals surface area contributed by atoms with Gasteiger partial charge in [-0.1, -0.05) is 6.92 Å². The highest BCUT2D eigenvalue weighted by atomic mass is 19.3. The molecule has 3 atom stereocenters. The van der Waals surface area contributed by atoms with Gasteiger partial charge in [0.2, 0.25) is 5.91 Å². The number of amides is 1. The molecule has 6 heteroatoms. The summed E-state index contributed by atoms with van der Waals surface area (Å²) in [6.07, 6.45) is 1.90. The first-order valence-electron chi connectivity index (χ1n) is 7.04. The zero-order chi connectivity index (χ0) is 14.0. The quantitative estimate of drug-likeness (QED) is 0.784. The second kappa shape index (κ2) is 5.71. The van der Waals surface area contributed by atoms with E-state index >= 15 is 0 Å². The number of nitrogens with one attached hydrogen (secondary N) is 1. The Morgan fingerprint density at radius 3 is 2.84 bits per heavy atom. The maximum Gasteiger partial charge on any atom is 0.271 e. The van der Waals surface area contributed by atoms with Gasteiger partial charge in [0.15, 0.2) is 0 Å². The molecular formula is C13H23F2N3O. The molecule has 0 aromatic carbocycles. The Labute approximate surface area is 112 Å². The molecule has 3 unspecified atom stereocenters. The van der Waals surface area contributed by atoms with Gasteiger partial charge in [-0.2, -0.15) is 0 Å². The van der Waals surface area contributed by atoms with Crippen molar-refractivity contribution in [1.82, 2.24) is 10.2 Å². The molecule has 19 heavy (non-hydrogen) atoms. The second-order valence-electron chi connectivity index (χ2n) is 5.83. The van der Waals surface area contributed by atoms with E-state index in [2.05, 4.69) is 12.2 Å². The van der Waals surface area contributed by atoms with Gasteiger partial charge in [-0.05, 0) is 31.7 Å². The van der Waals surface area contributed by atoms with Crippen molar-refractivity contribution in [3.63, 3.8) is 0 Å². The summed E-state index contributed by atoms with van der Waals surface area (Å²) < 4.78 is 27.7. The Balaban J connectivity index is 2.09. The molecule has 1 amide bonds. The van der Waals surface area contributed by atoms with E-state index in [-0.39, 0.29) is 12.5 Å². The number of carbonyl (C=O) groups excluding carboxylic acids is 1. The van der Waals surface area contributed by atoms with Crippen molar-refractivity contribution in [3.05, 3.63) is 0 Å². The van der Waals surface area contributed by atoms with E-state index in [1.54, 1.807) is 4.90 Å². The standard InChI is InChI=1S/C13H23F2N3O/c1-9-3-5-18(10(6-9)7-16)12(19)11-2-4-17-8-13(11,14)15/h9-11,17H,2-8,16H2,1H3. The smallest absolute Gasteiger partial charge is 0.271 e. The van der Waals surface area contributed by atoms with Crippen LogP contribution >= 0.6 is 0 Å². The largest absolute Gasteiger partial charge is 0.338 e.